The van der Waals surface area contributed by atoms with E-state index in [4.69, 9.17) is 4.74 Å². The third-order valence-electron chi connectivity index (χ3n) is 3.40. The second-order valence-corrected chi connectivity index (χ2v) is 5.06. The third-order valence-corrected chi connectivity index (χ3v) is 3.40. The van der Waals surface area contributed by atoms with E-state index in [1.54, 1.807) is 6.07 Å². The van der Waals surface area contributed by atoms with Crippen LogP contribution in [0.4, 0.5) is 9.18 Å². The average molecular weight is 316 g/mol. The topological polar surface area (TPSA) is 50.4 Å². The molecule has 0 radical (unpaired) electrons. The molecule has 5 heteroatoms. The molecule has 2 N–H and O–H groups in total. The van der Waals surface area contributed by atoms with Gasteiger partial charge in [0, 0.05) is 6.54 Å². The fourth-order valence-corrected chi connectivity index (χ4v) is 2.19. The zero-order valence-electron chi connectivity index (χ0n) is 13.1. The van der Waals surface area contributed by atoms with Crippen molar-refractivity contribution in [1.29, 1.82) is 0 Å². The first-order valence-corrected chi connectivity index (χ1v) is 7.66. The van der Waals surface area contributed by atoms with Gasteiger partial charge in [0.2, 0.25) is 0 Å². The van der Waals surface area contributed by atoms with Gasteiger partial charge in [0.25, 0.3) is 0 Å². The van der Waals surface area contributed by atoms with Crippen LogP contribution in [-0.4, -0.2) is 19.3 Å². The normalized spacial score (nSPS) is 10.2. The highest BCUT2D eigenvalue weighted by Gasteiger charge is 2.03. The summed E-state index contributed by atoms with van der Waals surface area (Å²) in [4.78, 5) is 11.7. The van der Waals surface area contributed by atoms with E-state index in [9.17, 15) is 9.18 Å². The van der Waals surface area contributed by atoms with Crippen LogP contribution in [-0.2, 0) is 12.8 Å². The van der Waals surface area contributed by atoms with Gasteiger partial charge >= 0.3 is 6.03 Å². The molecule has 2 amide bonds. The first kappa shape index (κ1) is 16.8. The van der Waals surface area contributed by atoms with Crippen molar-refractivity contribution in [3.8, 4) is 5.75 Å². The van der Waals surface area contributed by atoms with Crippen LogP contribution in [0, 0.1) is 5.82 Å². The highest BCUT2D eigenvalue weighted by Crippen LogP contribution is 2.17. The third kappa shape index (κ3) is 5.62. The first-order valence-electron chi connectivity index (χ1n) is 7.66. The number of hydrogen-bond donors (Lipinski definition) is 2. The number of hydrogen-bond acceptors (Lipinski definition) is 2. The summed E-state index contributed by atoms with van der Waals surface area (Å²) in [7, 11) is 0. The van der Waals surface area contributed by atoms with Crippen molar-refractivity contribution in [1.82, 2.24) is 10.6 Å². The van der Waals surface area contributed by atoms with E-state index in [2.05, 4.69) is 17.6 Å². The molecule has 0 spiro atoms. The van der Waals surface area contributed by atoms with Crippen molar-refractivity contribution < 1.29 is 13.9 Å². The van der Waals surface area contributed by atoms with Gasteiger partial charge in [0.05, 0.1) is 0 Å². The summed E-state index contributed by atoms with van der Waals surface area (Å²) in [6.45, 7) is 2.58. The minimum Gasteiger partial charge on any atom is -0.473 e. The molecule has 0 aliphatic rings. The lowest BCUT2D eigenvalue weighted by Crippen LogP contribution is -2.38. The lowest BCUT2D eigenvalue weighted by Gasteiger charge is -2.11. The van der Waals surface area contributed by atoms with Gasteiger partial charge in [-0.2, -0.15) is 0 Å². The molecular formula is C18H21FN2O2. The molecule has 0 aliphatic heterocycles. The number of carbonyl (C=O) groups excluding carboxylic acids is 1. The monoisotopic (exact) mass is 316 g/mol. The molecule has 2 aromatic carbocycles. The van der Waals surface area contributed by atoms with E-state index >= 15 is 0 Å². The molecule has 0 unspecified atom stereocenters. The fourth-order valence-electron chi connectivity index (χ4n) is 2.19. The van der Waals surface area contributed by atoms with Crippen molar-refractivity contribution in [3.05, 3.63) is 65.5 Å². The lowest BCUT2D eigenvalue weighted by atomic mass is 10.1. The minimum atomic E-state index is -0.310. The number of carbonyl (C=O) groups is 1. The Bertz CT molecular complexity index is 646. The molecule has 0 bridgehead atoms. The van der Waals surface area contributed by atoms with Crippen LogP contribution in [0.15, 0.2) is 48.5 Å². The Hall–Kier alpha value is -2.56. The fraction of sp³-hybridized carbons (Fsp3) is 0.278. The van der Waals surface area contributed by atoms with E-state index in [-0.39, 0.29) is 18.6 Å². The number of aryl methyl sites for hydroxylation is 1. The van der Waals surface area contributed by atoms with E-state index in [1.165, 1.54) is 12.1 Å². The minimum absolute atomic E-state index is 0.100. The van der Waals surface area contributed by atoms with Crippen molar-refractivity contribution in [2.75, 3.05) is 13.3 Å². The molecule has 0 saturated heterocycles. The summed E-state index contributed by atoms with van der Waals surface area (Å²) >= 11 is 0. The molecule has 23 heavy (non-hydrogen) atoms. The Morgan fingerprint density at radius 3 is 2.74 bits per heavy atom. The van der Waals surface area contributed by atoms with Crippen molar-refractivity contribution in [3.63, 3.8) is 0 Å². The van der Waals surface area contributed by atoms with Crippen molar-refractivity contribution in [2.45, 2.75) is 19.8 Å². The van der Waals surface area contributed by atoms with Crippen LogP contribution in [0.25, 0.3) is 0 Å². The molecule has 0 saturated carbocycles. The highest BCUT2D eigenvalue weighted by molar-refractivity contribution is 5.73. The smallest absolute Gasteiger partial charge is 0.317 e. The Morgan fingerprint density at radius 2 is 1.96 bits per heavy atom. The Labute approximate surface area is 135 Å². The van der Waals surface area contributed by atoms with Gasteiger partial charge < -0.3 is 15.4 Å². The maximum absolute atomic E-state index is 13.0. The molecule has 0 aliphatic carbocycles. The number of rotatable bonds is 7. The molecule has 4 nitrogen and oxygen atoms in total. The molecule has 0 fully saturated rings. The number of benzene rings is 2. The van der Waals surface area contributed by atoms with E-state index < -0.39 is 0 Å². The van der Waals surface area contributed by atoms with Gasteiger partial charge in [0.1, 0.15) is 11.6 Å². The summed E-state index contributed by atoms with van der Waals surface area (Å²) in [5, 5.41) is 5.35. The van der Waals surface area contributed by atoms with E-state index in [1.807, 2.05) is 30.3 Å². The lowest BCUT2D eigenvalue weighted by molar-refractivity contribution is 0.223. The molecule has 122 valence electrons. The maximum Gasteiger partial charge on any atom is 0.317 e. The summed E-state index contributed by atoms with van der Waals surface area (Å²) in [5.41, 5.74) is 1.94. The van der Waals surface area contributed by atoms with Gasteiger partial charge in [-0.1, -0.05) is 37.3 Å². The van der Waals surface area contributed by atoms with Crippen LogP contribution >= 0.6 is 0 Å². The SMILES string of the molecule is CCc1ccccc1OCNC(=O)NCCc1cccc(F)c1. The van der Waals surface area contributed by atoms with Crippen LogP contribution < -0.4 is 15.4 Å². The number of halogens is 1. The zero-order valence-corrected chi connectivity index (χ0v) is 13.1. The predicted molar refractivity (Wildman–Crippen MR) is 88.0 cm³/mol. The molecule has 0 atom stereocenters. The predicted octanol–water partition coefficient (Wildman–Crippen LogP) is 3.27. The molecule has 0 aromatic heterocycles. The summed E-state index contributed by atoms with van der Waals surface area (Å²) in [5.74, 6) is 0.505. The van der Waals surface area contributed by atoms with Crippen molar-refractivity contribution in [2.24, 2.45) is 0 Å². The second kappa shape index (κ2) is 8.78. The molecule has 0 heterocycles. The number of nitrogens with one attached hydrogen (secondary N) is 2. The Morgan fingerprint density at radius 1 is 1.13 bits per heavy atom. The Balaban J connectivity index is 1.67. The van der Waals surface area contributed by atoms with Crippen LogP contribution in [0.5, 0.6) is 5.75 Å². The summed E-state index contributed by atoms with van der Waals surface area (Å²) in [6.07, 6.45) is 1.45. The molecule has 2 rings (SSSR count). The number of amides is 2. The van der Waals surface area contributed by atoms with Gasteiger partial charge in [0.15, 0.2) is 6.73 Å². The quantitative estimate of drug-likeness (QED) is 0.770. The van der Waals surface area contributed by atoms with E-state index in [0.717, 1.165) is 23.3 Å². The second-order valence-electron chi connectivity index (χ2n) is 5.06. The summed E-state index contributed by atoms with van der Waals surface area (Å²) in [6, 6.07) is 13.8. The average Bonchev–Trinajstić information content (AvgIpc) is 2.55. The summed E-state index contributed by atoms with van der Waals surface area (Å²) < 4.78 is 18.6. The molecule has 2 aromatic rings. The number of para-hydroxylation sites is 1. The van der Waals surface area contributed by atoms with Gasteiger partial charge in [-0.05, 0) is 42.2 Å². The van der Waals surface area contributed by atoms with Crippen LogP contribution in [0.3, 0.4) is 0 Å². The van der Waals surface area contributed by atoms with Gasteiger partial charge in [-0.25, -0.2) is 9.18 Å². The standard InChI is InChI=1S/C18H21FN2O2/c1-2-15-7-3-4-9-17(15)23-13-21-18(22)20-11-10-14-6-5-8-16(19)12-14/h3-9,12H,2,10-11,13H2,1H3,(H2,20,21,22). The van der Waals surface area contributed by atoms with Crippen LogP contribution in [0.1, 0.15) is 18.1 Å². The largest absolute Gasteiger partial charge is 0.473 e. The van der Waals surface area contributed by atoms with Gasteiger partial charge in [-0.15, -0.1) is 0 Å². The van der Waals surface area contributed by atoms with Crippen molar-refractivity contribution >= 4 is 6.03 Å². The number of urea groups is 1. The van der Waals surface area contributed by atoms with E-state index in [0.29, 0.717) is 13.0 Å². The number of ether oxygens (including phenoxy) is 1. The first-order chi connectivity index (χ1) is 11.2. The highest BCUT2D eigenvalue weighted by atomic mass is 19.1. The maximum atomic E-state index is 13.0. The zero-order chi connectivity index (χ0) is 16.5. The molecular weight excluding hydrogens is 295 g/mol. The van der Waals surface area contributed by atoms with Crippen LogP contribution in [0.2, 0.25) is 0 Å². The Kier molecular flexibility index (Phi) is 6.41. The van der Waals surface area contributed by atoms with Gasteiger partial charge in [-0.3, -0.25) is 0 Å².